The standard InChI is InChI=1S/C23H42O5.Na/c1-4-6-7-8-9-10-11-12-13-14-15-16-17-18-19-20(22(25)27-3)21(24)23(26)28-5-2;/h24H,4-19H2,1-3H3;/q;+1/p-1/b21-20-;. The number of unbranched alkanes of at least 4 members (excludes halogenated alkanes) is 13. The Morgan fingerprint density at radius 2 is 1.10 bits per heavy atom. The van der Waals surface area contributed by atoms with Crippen LogP contribution in [-0.4, -0.2) is 25.7 Å². The largest absolute Gasteiger partial charge is 1.00 e. The molecule has 0 aliphatic heterocycles. The second-order valence-corrected chi connectivity index (χ2v) is 7.37. The summed E-state index contributed by atoms with van der Waals surface area (Å²) in [6, 6.07) is 0. The van der Waals surface area contributed by atoms with Gasteiger partial charge >= 0.3 is 41.5 Å². The van der Waals surface area contributed by atoms with Crippen molar-refractivity contribution in [1.82, 2.24) is 0 Å². The molecule has 5 nitrogen and oxygen atoms in total. The molecule has 0 bridgehead atoms. The monoisotopic (exact) mass is 420 g/mol. The van der Waals surface area contributed by atoms with Crippen molar-refractivity contribution >= 4 is 11.9 Å². The molecular weight excluding hydrogens is 379 g/mol. The first-order valence-corrected chi connectivity index (χ1v) is 11.2. The molecule has 0 radical (unpaired) electrons. The van der Waals surface area contributed by atoms with Crippen LogP contribution in [0.15, 0.2) is 11.3 Å². The number of carbonyl (C=O) groups is 2. The van der Waals surface area contributed by atoms with Crippen LogP contribution < -0.4 is 34.7 Å². The van der Waals surface area contributed by atoms with E-state index < -0.39 is 17.7 Å². The summed E-state index contributed by atoms with van der Waals surface area (Å²) in [7, 11) is 1.21. The van der Waals surface area contributed by atoms with Gasteiger partial charge in [-0.15, -0.1) is 0 Å². The van der Waals surface area contributed by atoms with E-state index in [1.165, 1.54) is 77.7 Å². The quantitative estimate of drug-likeness (QED) is 0.112. The number of hydrogen-bond acceptors (Lipinski definition) is 5. The van der Waals surface area contributed by atoms with Crippen molar-refractivity contribution in [2.45, 2.75) is 110 Å². The summed E-state index contributed by atoms with van der Waals surface area (Å²) in [6.45, 7) is 3.98. The Labute approximate surface area is 200 Å². The molecule has 6 heteroatoms. The van der Waals surface area contributed by atoms with Crippen LogP contribution in [-0.2, 0) is 19.1 Å². The molecule has 0 aromatic heterocycles. The zero-order valence-corrected chi connectivity index (χ0v) is 21.4. The van der Waals surface area contributed by atoms with E-state index in [4.69, 9.17) is 0 Å². The van der Waals surface area contributed by atoms with E-state index in [0.717, 1.165) is 12.8 Å². The minimum atomic E-state index is -0.978. The fourth-order valence-electron chi connectivity index (χ4n) is 3.25. The SMILES string of the molecule is CCCCCCCCCCCCCCCC/C(C(=O)OC)=C(/[O-])C(=O)OCC.[Na+]. The Morgan fingerprint density at radius 1 is 0.690 bits per heavy atom. The summed E-state index contributed by atoms with van der Waals surface area (Å²) >= 11 is 0. The fourth-order valence-corrected chi connectivity index (χ4v) is 3.25. The first kappa shape index (κ1) is 30.7. The van der Waals surface area contributed by atoms with Crippen LogP contribution in [0.25, 0.3) is 0 Å². The van der Waals surface area contributed by atoms with Crippen LogP contribution in [0.2, 0.25) is 0 Å². The molecule has 29 heavy (non-hydrogen) atoms. The van der Waals surface area contributed by atoms with Crippen LogP contribution in [0.4, 0.5) is 0 Å². The van der Waals surface area contributed by atoms with Gasteiger partial charge in [0.1, 0.15) is 0 Å². The Hall–Kier alpha value is -0.520. The molecule has 0 saturated heterocycles. The molecule has 164 valence electrons. The molecule has 0 aromatic carbocycles. The zero-order chi connectivity index (χ0) is 21.0. The van der Waals surface area contributed by atoms with Gasteiger partial charge in [-0.3, -0.25) is 0 Å². The third-order valence-corrected chi connectivity index (χ3v) is 4.95. The van der Waals surface area contributed by atoms with Crippen molar-refractivity contribution in [1.29, 1.82) is 0 Å². The fraction of sp³-hybridized carbons (Fsp3) is 0.826. The number of ether oxygens (including phenoxy) is 2. The molecule has 0 N–H and O–H groups in total. The predicted molar refractivity (Wildman–Crippen MR) is 111 cm³/mol. The molecule has 0 spiro atoms. The Morgan fingerprint density at radius 3 is 1.48 bits per heavy atom. The van der Waals surface area contributed by atoms with E-state index in [2.05, 4.69) is 16.4 Å². The van der Waals surface area contributed by atoms with Crippen molar-refractivity contribution in [3.05, 3.63) is 11.3 Å². The normalized spacial score (nSPS) is 11.4. The summed E-state index contributed by atoms with van der Waals surface area (Å²) in [4.78, 5) is 23.3. The van der Waals surface area contributed by atoms with Crippen LogP contribution >= 0.6 is 0 Å². The maximum absolute atomic E-state index is 12.0. The van der Waals surface area contributed by atoms with Crippen LogP contribution in [0.3, 0.4) is 0 Å². The van der Waals surface area contributed by atoms with Gasteiger partial charge in [0.15, 0.2) is 0 Å². The summed E-state index contributed by atoms with van der Waals surface area (Å²) in [6.07, 6.45) is 17.6. The van der Waals surface area contributed by atoms with E-state index in [1.807, 2.05) is 0 Å². The summed E-state index contributed by atoms with van der Waals surface area (Å²) in [5, 5.41) is 12.0. The predicted octanol–water partition coefficient (Wildman–Crippen LogP) is 2.21. The second-order valence-electron chi connectivity index (χ2n) is 7.37. The van der Waals surface area contributed by atoms with Crippen molar-refractivity contribution < 1.29 is 53.7 Å². The molecule has 0 rings (SSSR count). The number of rotatable bonds is 18. The first-order chi connectivity index (χ1) is 13.6. The van der Waals surface area contributed by atoms with E-state index in [1.54, 1.807) is 6.92 Å². The maximum Gasteiger partial charge on any atom is 1.00 e. The van der Waals surface area contributed by atoms with Crippen LogP contribution in [0.1, 0.15) is 110 Å². The van der Waals surface area contributed by atoms with E-state index in [0.29, 0.717) is 6.42 Å². The van der Waals surface area contributed by atoms with Gasteiger partial charge in [0.2, 0.25) is 0 Å². The molecule has 0 saturated carbocycles. The second kappa shape index (κ2) is 22.2. The molecule has 0 aromatic rings. The number of carbonyl (C=O) groups excluding carboxylic acids is 2. The molecule has 0 fully saturated rings. The molecule has 0 unspecified atom stereocenters. The average Bonchev–Trinajstić information content (AvgIpc) is 2.70. The average molecular weight is 421 g/mol. The van der Waals surface area contributed by atoms with Crippen molar-refractivity contribution in [2.24, 2.45) is 0 Å². The Kier molecular flexibility index (Phi) is 23.4. The van der Waals surface area contributed by atoms with Gasteiger partial charge in [-0.05, 0) is 25.5 Å². The summed E-state index contributed by atoms with van der Waals surface area (Å²) in [5.74, 6) is -2.58. The van der Waals surface area contributed by atoms with E-state index in [9.17, 15) is 14.7 Å². The van der Waals surface area contributed by atoms with Gasteiger partial charge in [0.05, 0.1) is 13.7 Å². The topological polar surface area (TPSA) is 75.7 Å². The molecule has 0 heterocycles. The minimum absolute atomic E-state index is 0. The van der Waals surface area contributed by atoms with Gasteiger partial charge < -0.3 is 14.6 Å². The van der Waals surface area contributed by atoms with Crippen LogP contribution in [0.5, 0.6) is 0 Å². The molecule has 0 aliphatic rings. The van der Waals surface area contributed by atoms with Gasteiger partial charge in [0, 0.05) is 5.57 Å². The number of methoxy groups -OCH3 is 1. The molecule has 0 amide bonds. The molecule has 0 atom stereocenters. The van der Waals surface area contributed by atoms with Crippen molar-refractivity contribution in [3.63, 3.8) is 0 Å². The molecular formula is C23H41NaO5. The number of hydrogen-bond donors (Lipinski definition) is 0. The van der Waals surface area contributed by atoms with Gasteiger partial charge in [-0.1, -0.05) is 90.4 Å². The van der Waals surface area contributed by atoms with Gasteiger partial charge in [-0.25, -0.2) is 9.59 Å². The van der Waals surface area contributed by atoms with E-state index in [-0.39, 0.29) is 48.2 Å². The van der Waals surface area contributed by atoms with Gasteiger partial charge in [0.25, 0.3) is 0 Å². The van der Waals surface area contributed by atoms with Crippen molar-refractivity contribution in [3.8, 4) is 0 Å². The van der Waals surface area contributed by atoms with Crippen LogP contribution in [0, 0.1) is 0 Å². The Bertz CT molecular complexity index is 449. The Balaban J connectivity index is 0. The minimum Gasteiger partial charge on any atom is -0.867 e. The van der Waals surface area contributed by atoms with Gasteiger partial charge in [-0.2, -0.15) is 0 Å². The first-order valence-electron chi connectivity index (χ1n) is 11.2. The number of esters is 2. The maximum atomic E-state index is 12.0. The third kappa shape index (κ3) is 16.9. The third-order valence-electron chi connectivity index (χ3n) is 4.95. The van der Waals surface area contributed by atoms with Crippen molar-refractivity contribution in [2.75, 3.05) is 13.7 Å². The molecule has 0 aliphatic carbocycles. The van der Waals surface area contributed by atoms with E-state index >= 15 is 0 Å². The summed E-state index contributed by atoms with van der Waals surface area (Å²) in [5.41, 5.74) is -0.0973. The summed E-state index contributed by atoms with van der Waals surface area (Å²) < 4.78 is 9.31. The zero-order valence-electron chi connectivity index (χ0n) is 19.4. The smallest absolute Gasteiger partial charge is 0.867 e.